The number of ketones is 1. The molecule has 35 heavy (non-hydrogen) atoms. The summed E-state index contributed by atoms with van der Waals surface area (Å²) in [5, 5.41) is 0. The third-order valence-corrected chi connectivity index (χ3v) is 5.73. The van der Waals surface area contributed by atoms with E-state index in [1.165, 1.54) is 52.7 Å². The third kappa shape index (κ3) is 26.7. The molecule has 0 heterocycles. The molecule has 204 valence electrons. The molecule has 7 nitrogen and oxygen atoms in total. The summed E-state index contributed by atoms with van der Waals surface area (Å²) < 4.78 is 20.0. The number of carbonyl (C=O) groups excluding carboxylic acids is 3. The van der Waals surface area contributed by atoms with E-state index in [0.717, 1.165) is 57.8 Å². The van der Waals surface area contributed by atoms with Gasteiger partial charge in [0.25, 0.3) is 0 Å². The first kappa shape index (κ1) is 33.3. The number of ether oxygens (including phenoxy) is 4. The summed E-state index contributed by atoms with van der Waals surface area (Å²) in [5.41, 5.74) is 0. The summed E-state index contributed by atoms with van der Waals surface area (Å²) in [5.74, 6) is -0.313. The second-order valence-electron chi connectivity index (χ2n) is 8.94. The molecule has 0 spiro atoms. The van der Waals surface area contributed by atoms with Gasteiger partial charge in [-0.25, -0.2) is 0 Å². The van der Waals surface area contributed by atoms with Crippen LogP contribution in [0.5, 0.6) is 0 Å². The summed E-state index contributed by atoms with van der Waals surface area (Å²) in [6.45, 7) is 1.39. The molecule has 0 aromatic carbocycles. The highest BCUT2D eigenvalue weighted by Gasteiger charge is 2.03. The normalized spacial score (nSPS) is 11.1. The van der Waals surface area contributed by atoms with Crippen molar-refractivity contribution in [1.29, 1.82) is 0 Å². The summed E-state index contributed by atoms with van der Waals surface area (Å²) in [4.78, 5) is 33.7. The van der Waals surface area contributed by atoms with Crippen molar-refractivity contribution in [1.82, 2.24) is 0 Å². The summed E-state index contributed by atoms with van der Waals surface area (Å²) in [6.07, 6.45) is 21.9. The standard InChI is InChI=1S/C28H50O7/c1-32-27(30)20-16-13-11-9-7-5-3-4-6-8-10-12-14-18-22-34-24-26(29)25-35-23-19-15-17-21-28(31)33-2/h3,5H,4,6-25H2,1-2H3. The van der Waals surface area contributed by atoms with Crippen molar-refractivity contribution in [3.05, 3.63) is 12.2 Å². The van der Waals surface area contributed by atoms with Gasteiger partial charge in [-0.3, -0.25) is 14.4 Å². The summed E-state index contributed by atoms with van der Waals surface area (Å²) in [7, 11) is 2.83. The molecule has 0 aliphatic heterocycles. The fraction of sp³-hybridized carbons (Fsp3) is 0.821. The molecule has 0 bridgehead atoms. The quantitative estimate of drug-likeness (QED) is 0.0806. The number of allylic oxidation sites excluding steroid dienone is 2. The topological polar surface area (TPSA) is 88.1 Å². The summed E-state index contributed by atoms with van der Waals surface area (Å²) >= 11 is 0. The van der Waals surface area contributed by atoms with Gasteiger partial charge in [-0.15, -0.1) is 0 Å². The van der Waals surface area contributed by atoms with Gasteiger partial charge in [0.2, 0.25) is 0 Å². The van der Waals surface area contributed by atoms with Gasteiger partial charge in [0.1, 0.15) is 13.2 Å². The molecular weight excluding hydrogens is 448 g/mol. The molecule has 0 unspecified atom stereocenters. The Bertz CT molecular complexity index is 545. The van der Waals surface area contributed by atoms with E-state index in [1.807, 2.05) is 0 Å². The Morgan fingerprint density at radius 3 is 1.34 bits per heavy atom. The zero-order valence-electron chi connectivity index (χ0n) is 22.4. The maximum Gasteiger partial charge on any atom is 0.305 e. The zero-order valence-corrected chi connectivity index (χ0v) is 22.4. The predicted octanol–water partition coefficient (Wildman–Crippen LogP) is 6.12. The van der Waals surface area contributed by atoms with Crippen molar-refractivity contribution in [3.8, 4) is 0 Å². The Balaban J connectivity index is 3.24. The maximum absolute atomic E-state index is 11.7. The van der Waals surface area contributed by atoms with Gasteiger partial charge in [-0.1, -0.05) is 57.1 Å². The van der Waals surface area contributed by atoms with E-state index in [2.05, 4.69) is 21.6 Å². The minimum absolute atomic E-state index is 0.0221. The van der Waals surface area contributed by atoms with E-state index in [1.54, 1.807) is 0 Å². The highest BCUT2D eigenvalue weighted by Crippen LogP contribution is 2.10. The third-order valence-electron chi connectivity index (χ3n) is 5.73. The number of rotatable bonds is 26. The number of hydrogen-bond acceptors (Lipinski definition) is 7. The second kappa shape index (κ2) is 26.9. The fourth-order valence-corrected chi connectivity index (χ4v) is 3.56. The van der Waals surface area contributed by atoms with Crippen molar-refractivity contribution in [2.24, 2.45) is 0 Å². The Kier molecular flexibility index (Phi) is 25.5. The highest BCUT2D eigenvalue weighted by molar-refractivity contribution is 5.80. The van der Waals surface area contributed by atoms with E-state index in [9.17, 15) is 14.4 Å². The molecule has 0 aliphatic carbocycles. The van der Waals surface area contributed by atoms with Crippen LogP contribution in [0.3, 0.4) is 0 Å². The van der Waals surface area contributed by atoms with Crippen LogP contribution in [0, 0.1) is 0 Å². The minimum atomic E-state index is -0.185. The molecule has 0 aromatic heterocycles. The molecule has 0 aliphatic rings. The Morgan fingerprint density at radius 1 is 0.514 bits per heavy atom. The van der Waals surface area contributed by atoms with Gasteiger partial charge >= 0.3 is 11.9 Å². The molecule has 0 rings (SSSR count). The van der Waals surface area contributed by atoms with E-state index in [-0.39, 0.29) is 30.9 Å². The maximum atomic E-state index is 11.7. The van der Waals surface area contributed by atoms with Crippen LogP contribution in [0.25, 0.3) is 0 Å². The van der Waals surface area contributed by atoms with Gasteiger partial charge in [0, 0.05) is 26.1 Å². The molecular formula is C28H50O7. The number of esters is 2. The van der Waals surface area contributed by atoms with Crippen molar-refractivity contribution in [2.75, 3.05) is 40.6 Å². The van der Waals surface area contributed by atoms with Gasteiger partial charge < -0.3 is 18.9 Å². The van der Waals surface area contributed by atoms with E-state index in [4.69, 9.17) is 9.47 Å². The first-order valence-corrected chi connectivity index (χ1v) is 13.6. The van der Waals surface area contributed by atoms with E-state index in [0.29, 0.717) is 26.1 Å². The van der Waals surface area contributed by atoms with E-state index >= 15 is 0 Å². The first-order chi connectivity index (χ1) is 17.1. The summed E-state index contributed by atoms with van der Waals surface area (Å²) in [6, 6.07) is 0. The monoisotopic (exact) mass is 498 g/mol. The number of carbonyl (C=O) groups is 3. The molecule has 0 fully saturated rings. The molecule has 0 aromatic rings. The number of hydrogen-bond donors (Lipinski definition) is 0. The molecule has 0 radical (unpaired) electrons. The Morgan fingerprint density at radius 2 is 0.886 bits per heavy atom. The Labute approximate surface area is 213 Å². The van der Waals surface area contributed by atoms with Crippen molar-refractivity contribution in [2.45, 2.75) is 109 Å². The zero-order chi connectivity index (χ0) is 25.8. The molecule has 7 heteroatoms. The minimum Gasteiger partial charge on any atom is -0.469 e. The average Bonchev–Trinajstić information content (AvgIpc) is 2.86. The SMILES string of the molecule is COC(=O)CCCCCCC=CCCCCCCCCOCC(=O)COCCCCCC(=O)OC. The highest BCUT2D eigenvalue weighted by atomic mass is 16.5. The molecule has 0 saturated carbocycles. The molecule has 0 atom stereocenters. The van der Waals surface area contributed by atoms with Crippen LogP contribution in [0.1, 0.15) is 109 Å². The van der Waals surface area contributed by atoms with Crippen LogP contribution >= 0.6 is 0 Å². The van der Waals surface area contributed by atoms with Crippen LogP contribution in [-0.4, -0.2) is 58.4 Å². The van der Waals surface area contributed by atoms with E-state index < -0.39 is 0 Å². The largest absolute Gasteiger partial charge is 0.469 e. The van der Waals surface area contributed by atoms with Gasteiger partial charge in [-0.05, 0) is 51.4 Å². The first-order valence-electron chi connectivity index (χ1n) is 13.6. The van der Waals surface area contributed by atoms with Crippen LogP contribution in [0.4, 0.5) is 0 Å². The lowest BCUT2D eigenvalue weighted by atomic mass is 10.1. The lowest BCUT2D eigenvalue weighted by molar-refractivity contribution is -0.141. The van der Waals surface area contributed by atoms with Crippen LogP contribution in [-0.2, 0) is 33.3 Å². The van der Waals surface area contributed by atoms with Gasteiger partial charge in [-0.2, -0.15) is 0 Å². The lowest BCUT2D eigenvalue weighted by Gasteiger charge is -2.05. The smallest absolute Gasteiger partial charge is 0.305 e. The van der Waals surface area contributed by atoms with Crippen molar-refractivity contribution >= 4 is 17.7 Å². The van der Waals surface area contributed by atoms with Crippen molar-refractivity contribution in [3.63, 3.8) is 0 Å². The number of methoxy groups -OCH3 is 2. The van der Waals surface area contributed by atoms with Crippen LogP contribution in [0.15, 0.2) is 12.2 Å². The lowest BCUT2D eigenvalue weighted by Crippen LogP contribution is -2.16. The second-order valence-corrected chi connectivity index (χ2v) is 8.94. The Hall–Kier alpha value is -1.73. The molecule has 0 saturated heterocycles. The number of unbranched alkanes of at least 4 members (excludes halogenated alkanes) is 12. The number of Topliss-reactive ketones (excluding diaryl/α,β-unsaturated/α-hetero) is 1. The molecule has 0 amide bonds. The average molecular weight is 499 g/mol. The van der Waals surface area contributed by atoms with Gasteiger partial charge in [0.15, 0.2) is 5.78 Å². The van der Waals surface area contributed by atoms with Crippen LogP contribution < -0.4 is 0 Å². The fourth-order valence-electron chi connectivity index (χ4n) is 3.56. The van der Waals surface area contributed by atoms with Crippen LogP contribution in [0.2, 0.25) is 0 Å². The van der Waals surface area contributed by atoms with Gasteiger partial charge in [0.05, 0.1) is 14.2 Å². The predicted molar refractivity (Wildman–Crippen MR) is 138 cm³/mol. The van der Waals surface area contributed by atoms with Crippen molar-refractivity contribution < 1.29 is 33.3 Å². The molecule has 0 N–H and O–H groups in total.